The first-order chi connectivity index (χ1) is 8.57. The van der Waals surface area contributed by atoms with Gasteiger partial charge < -0.3 is 5.11 Å². The van der Waals surface area contributed by atoms with Gasteiger partial charge in [0.15, 0.2) is 0 Å². The molecule has 1 unspecified atom stereocenters. The van der Waals surface area contributed by atoms with Gasteiger partial charge in [-0.1, -0.05) is 18.2 Å². The van der Waals surface area contributed by atoms with Crippen LogP contribution in [0.15, 0.2) is 36.9 Å². The number of imide groups is 1. The molecule has 0 spiro atoms. The van der Waals surface area contributed by atoms with Gasteiger partial charge in [0, 0.05) is 0 Å². The number of carbonyl (C=O) groups is 3. The van der Waals surface area contributed by atoms with E-state index in [1.54, 1.807) is 12.1 Å². The van der Waals surface area contributed by atoms with E-state index in [2.05, 4.69) is 6.58 Å². The number of amides is 2. The predicted octanol–water partition coefficient (Wildman–Crippen LogP) is 1.31. The zero-order chi connectivity index (χ0) is 13.3. The van der Waals surface area contributed by atoms with Crippen LogP contribution in [0.1, 0.15) is 27.1 Å². The molecule has 0 aliphatic carbocycles. The number of fused-ring (bicyclic) bond motifs is 1. The van der Waals surface area contributed by atoms with Crippen molar-refractivity contribution in [3.05, 3.63) is 48.0 Å². The number of hydrogen-bond acceptors (Lipinski definition) is 3. The van der Waals surface area contributed by atoms with Crippen molar-refractivity contribution in [2.24, 2.45) is 0 Å². The first-order valence-electron chi connectivity index (χ1n) is 5.38. The molecule has 5 heteroatoms. The van der Waals surface area contributed by atoms with Gasteiger partial charge in [0.2, 0.25) is 0 Å². The van der Waals surface area contributed by atoms with Gasteiger partial charge in [0.05, 0.1) is 11.1 Å². The Labute approximate surface area is 103 Å². The summed E-state index contributed by atoms with van der Waals surface area (Å²) in [6.45, 7) is 3.44. The average molecular weight is 245 g/mol. The Hall–Kier alpha value is -2.43. The molecular formula is C13H11NO4. The van der Waals surface area contributed by atoms with Crippen molar-refractivity contribution in [3.63, 3.8) is 0 Å². The highest BCUT2D eigenvalue weighted by atomic mass is 16.4. The van der Waals surface area contributed by atoms with E-state index < -0.39 is 23.8 Å². The molecule has 1 aliphatic heterocycles. The summed E-state index contributed by atoms with van der Waals surface area (Å²) in [6, 6.07) is 5.10. The van der Waals surface area contributed by atoms with Gasteiger partial charge in [-0.15, -0.1) is 6.58 Å². The molecule has 18 heavy (non-hydrogen) atoms. The lowest BCUT2D eigenvalue weighted by atomic mass is 10.1. The Kier molecular flexibility index (Phi) is 2.97. The van der Waals surface area contributed by atoms with Crippen molar-refractivity contribution < 1.29 is 19.5 Å². The molecule has 2 rings (SSSR count). The Morgan fingerprint density at radius 2 is 1.78 bits per heavy atom. The van der Waals surface area contributed by atoms with Crippen molar-refractivity contribution in [2.45, 2.75) is 12.5 Å². The number of carbonyl (C=O) groups excluding carboxylic acids is 2. The maximum absolute atomic E-state index is 12.0. The second-order valence-corrected chi connectivity index (χ2v) is 3.90. The van der Waals surface area contributed by atoms with E-state index in [-0.39, 0.29) is 17.5 Å². The Bertz CT molecular complexity index is 515. The highest BCUT2D eigenvalue weighted by Crippen LogP contribution is 2.25. The third-order valence-corrected chi connectivity index (χ3v) is 2.81. The summed E-state index contributed by atoms with van der Waals surface area (Å²) in [5.41, 5.74) is 0.496. The number of benzene rings is 1. The smallest absolute Gasteiger partial charge is 0.327 e. The van der Waals surface area contributed by atoms with Crippen molar-refractivity contribution >= 4 is 17.8 Å². The molecule has 5 nitrogen and oxygen atoms in total. The van der Waals surface area contributed by atoms with Crippen LogP contribution in [0, 0.1) is 0 Å². The molecule has 0 saturated carbocycles. The second kappa shape index (κ2) is 4.44. The number of rotatable bonds is 4. The van der Waals surface area contributed by atoms with E-state index in [1.807, 2.05) is 0 Å². The van der Waals surface area contributed by atoms with Crippen LogP contribution in [0.25, 0.3) is 0 Å². The van der Waals surface area contributed by atoms with Gasteiger partial charge in [-0.05, 0) is 18.6 Å². The lowest BCUT2D eigenvalue weighted by molar-refractivity contribution is -0.141. The fourth-order valence-corrected chi connectivity index (χ4v) is 1.97. The molecular weight excluding hydrogens is 234 g/mol. The quantitative estimate of drug-likeness (QED) is 0.641. The fourth-order valence-electron chi connectivity index (χ4n) is 1.97. The monoisotopic (exact) mass is 245 g/mol. The standard InChI is InChI=1S/C13H11NO4/c1-2-5-10(13(17)18)14-11(15)8-6-3-4-7-9(8)12(14)16/h2-4,6-7,10H,1,5H2,(H,17,18). The number of aliphatic carboxylic acids is 1. The largest absolute Gasteiger partial charge is 0.480 e. The third-order valence-electron chi connectivity index (χ3n) is 2.81. The molecule has 0 radical (unpaired) electrons. The third kappa shape index (κ3) is 1.69. The first kappa shape index (κ1) is 12.0. The molecule has 0 bridgehead atoms. The second-order valence-electron chi connectivity index (χ2n) is 3.90. The lowest BCUT2D eigenvalue weighted by Crippen LogP contribution is -2.44. The normalized spacial score (nSPS) is 15.4. The fraction of sp³-hybridized carbons (Fsp3) is 0.154. The van der Waals surface area contributed by atoms with Crippen molar-refractivity contribution in [2.75, 3.05) is 0 Å². The summed E-state index contributed by atoms with van der Waals surface area (Å²) < 4.78 is 0. The number of hydrogen-bond donors (Lipinski definition) is 1. The van der Waals surface area contributed by atoms with Crippen LogP contribution in [-0.2, 0) is 4.79 Å². The Morgan fingerprint density at radius 1 is 1.28 bits per heavy atom. The van der Waals surface area contributed by atoms with E-state index in [0.29, 0.717) is 0 Å². The topological polar surface area (TPSA) is 74.7 Å². The number of nitrogens with zero attached hydrogens (tertiary/aromatic N) is 1. The summed E-state index contributed by atoms with van der Waals surface area (Å²) in [4.78, 5) is 36.0. The molecule has 0 aromatic heterocycles. The number of carboxylic acids is 1. The first-order valence-corrected chi connectivity index (χ1v) is 5.38. The van der Waals surface area contributed by atoms with Crippen LogP contribution >= 0.6 is 0 Å². The lowest BCUT2D eigenvalue weighted by Gasteiger charge is -2.21. The minimum Gasteiger partial charge on any atom is -0.480 e. The van der Waals surface area contributed by atoms with E-state index in [9.17, 15) is 14.4 Å². The summed E-state index contributed by atoms with van der Waals surface area (Å²) in [5, 5.41) is 9.09. The summed E-state index contributed by atoms with van der Waals surface area (Å²) >= 11 is 0. The molecule has 1 aliphatic rings. The van der Waals surface area contributed by atoms with Crippen LogP contribution in [0.2, 0.25) is 0 Å². The van der Waals surface area contributed by atoms with E-state index >= 15 is 0 Å². The molecule has 1 aromatic rings. The Balaban J connectivity index is 2.44. The van der Waals surface area contributed by atoms with E-state index in [1.165, 1.54) is 18.2 Å². The molecule has 1 atom stereocenters. The molecule has 92 valence electrons. The maximum atomic E-state index is 12.0. The number of carboxylic acid groups (broad SMARTS) is 1. The average Bonchev–Trinajstić information content (AvgIpc) is 2.60. The molecule has 0 saturated heterocycles. The van der Waals surface area contributed by atoms with Crippen molar-refractivity contribution in [1.29, 1.82) is 0 Å². The highest BCUT2D eigenvalue weighted by Gasteiger charge is 2.42. The van der Waals surface area contributed by atoms with Gasteiger partial charge in [-0.3, -0.25) is 14.5 Å². The van der Waals surface area contributed by atoms with Gasteiger partial charge in [-0.25, -0.2) is 4.79 Å². The molecule has 2 amide bonds. The van der Waals surface area contributed by atoms with Crippen LogP contribution in [0.3, 0.4) is 0 Å². The predicted molar refractivity (Wildman–Crippen MR) is 63.2 cm³/mol. The molecule has 1 heterocycles. The van der Waals surface area contributed by atoms with Crippen LogP contribution in [-0.4, -0.2) is 33.8 Å². The van der Waals surface area contributed by atoms with Gasteiger partial charge in [0.1, 0.15) is 6.04 Å². The maximum Gasteiger partial charge on any atom is 0.327 e. The van der Waals surface area contributed by atoms with Gasteiger partial charge >= 0.3 is 5.97 Å². The van der Waals surface area contributed by atoms with Crippen LogP contribution < -0.4 is 0 Å². The summed E-state index contributed by atoms with van der Waals surface area (Å²) in [5.74, 6) is -2.35. The summed E-state index contributed by atoms with van der Waals surface area (Å²) in [7, 11) is 0. The highest BCUT2D eigenvalue weighted by molar-refractivity contribution is 6.22. The molecule has 1 aromatic carbocycles. The minimum absolute atomic E-state index is 0.0286. The zero-order valence-corrected chi connectivity index (χ0v) is 9.50. The van der Waals surface area contributed by atoms with Crippen LogP contribution in [0.4, 0.5) is 0 Å². The summed E-state index contributed by atoms with van der Waals surface area (Å²) in [6.07, 6.45) is 1.41. The SMILES string of the molecule is C=CCC(C(=O)O)N1C(=O)c2ccccc2C1=O. The van der Waals surface area contributed by atoms with E-state index in [4.69, 9.17) is 5.11 Å². The van der Waals surface area contributed by atoms with Crippen LogP contribution in [0.5, 0.6) is 0 Å². The molecule has 1 N–H and O–H groups in total. The Morgan fingerprint density at radius 3 is 2.17 bits per heavy atom. The van der Waals surface area contributed by atoms with E-state index in [0.717, 1.165) is 4.90 Å². The van der Waals surface area contributed by atoms with Crippen molar-refractivity contribution in [1.82, 2.24) is 4.90 Å². The molecule has 0 fully saturated rings. The van der Waals surface area contributed by atoms with Crippen molar-refractivity contribution in [3.8, 4) is 0 Å². The minimum atomic E-state index is -1.22. The zero-order valence-electron chi connectivity index (χ0n) is 9.50. The van der Waals surface area contributed by atoms with Gasteiger partial charge in [0.25, 0.3) is 11.8 Å². The van der Waals surface area contributed by atoms with Gasteiger partial charge in [-0.2, -0.15) is 0 Å².